The van der Waals surface area contributed by atoms with Crippen molar-refractivity contribution in [3.8, 4) is 6.07 Å². The van der Waals surface area contributed by atoms with E-state index in [1.165, 1.54) is 4.90 Å². The predicted octanol–water partition coefficient (Wildman–Crippen LogP) is 2.88. The SMILES string of the molecule is CN1[C@@H](c2ccc(C#N)cc2)[C@@H]2C[C@@]1(C)C(=O)N(Cc1ccccc1)C2=O. The Morgan fingerprint density at radius 1 is 1.11 bits per heavy atom. The summed E-state index contributed by atoms with van der Waals surface area (Å²) < 4.78 is 0. The first-order valence-electron chi connectivity index (χ1n) is 9.08. The summed E-state index contributed by atoms with van der Waals surface area (Å²) in [6, 6.07) is 18.9. The monoisotopic (exact) mass is 359 g/mol. The third-order valence-electron chi connectivity index (χ3n) is 6.05. The van der Waals surface area contributed by atoms with Gasteiger partial charge in [-0.05, 0) is 43.7 Å². The van der Waals surface area contributed by atoms with Crippen LogP contribution in [-0.2, 0) is 16.1 Å². The van der Waals surface area contributed by atoms with Gasteiger partial charge in [-0.15, -0.1) is 0 Å². The first kappa shape index (κ1) is 17.4. The number of likely N-dealkylation sites (N-methyl/N-ethyl adjacent to an activating group) is 1. The summed E-state index contributed by atoms with van der Waals surface area (Å²) in [5, 5.41) is 9.02. The first-order chi connectivity index (χ1) is 13.0. The van der Waals surface area contributed by atoms with Gasteiger partial charge in [-0.2, -0.15) is 5.26 Å². The summed E-state index contributed by atoms with van der Waals surface area (Å²) in [6.45, 7) is 2.23. The average Bonchev–Trinajstić information content (AvgIpc) is 2.95. The molecular weight excluding hydrogens is 338 g/mol. The van der Waals surface area contributed by atoms with E-state index in [2.05, 4.69) is 6.07 Å². The van der Waals surface area contributed by atoms with Gasteiger partial charge in [0, 0.05) is 6.04 Å². The maximum atomic E-state index is 13.2. The lowest BCUT2D eigenvalue weighted by atomic mass is 9.84. The van der Waals surface area contributed by atoms with Crippen LogP contribution in [0.5, 0.6) is 0 Å². The summed E-state index contributed by atoms with van der Waals surface area (Å²) >= 11 is 0. The van der Waals surface area contributed by atoms with Crippen molar-refractivity contribution in [3.63, 3.8) is 0 Å². The molecule has 2 aromatic rings. The van der Waals surface area contributed by atoms with Crippen molar-refractivity contribution < 1.29 is 9.59 Å². The minimum atomic E-state index is -0.702. The highest BCUT2D eigenvalue weighted by Gasteiger charge is 2.60. The number of hydrogen-bond donors (Lipinski definition) is 0. The Balaban J connectivity index is 1.70. The van der Waals surface area contributed by atoms with Gasteiger partial charge in [0.25, 0.3) is 0 Å². The summed E-state index contributed by atoms with van der Waals surface area (Å²) in [5.74, 6) is -0.513. The van der Waals surface area contributed by atoms with Crippen LogP contribution in [0.3, 0.4) is 0 Å². The standard InChI is InChI=1S/C22H21N3O2/c1-22-12-18(19(24(22)2)17-10-8-15(13-23)9-11-17)20(26)25(21(22)27)14-16-6-4-3-5-7-16/h3-11,18-19H,12,14H2,1-2H3/t18-,19-,22-/m0/s1. The molecule has 0 spiro atoms. The number of hydrogen-bond acceptors (Lipinski definition) is 4. The number of nitrogens with zero attached hydrogens (tertiary/aromatic N) is 3. The third kappa shape index (κ3) is 2.65. The fraction of sp³-hybridized carbons (Fsp3) is 0.318. The zero-order valence-electron chi connectivity index (χ0n) is 15.4. The van der Waals surface area contributed by atoms with E-state index < -0.39 is 5.54 Å². The Kier molecular flexibility index (Phi) is 4.09. The molecule has 2 aliphatic heterocycles. The summed E-state index contributed by atoms with van der Waals surface area (Å²) in [5.41, 5.74) is 1.79. The van der Waals surface area contributed by atoms with Crippen molar-refractivity contribution in [2.75, 3.05) is 7.05 Å². The van der Waals surface area contributed by atoms with Gasteiger partial charge < -0.3 is 0 Å². The second kappa shape index (κ2) is 6.33. The normalized spacial score (nSPS) is 27.7. The highest BCUT2D eigenvalue weighted by atomic mass is 16.2. The van der Waals surface area contributed by atoms with Crippen molar-refractivity contribution in [3.05, 3.63) is 71.3 Å². The number of rotatable bonds is 3. The van der Waals surface area contributed by atoms with Crippen LogP contribution in [0, 0.1) is 17.2 Å². The van der Waals surface area contributed by atoms with Crippen molar-refractivity contribution >= 4 is 11.8 Å². The Morgan fingerprint density at radius 3 is 2.41 bits per heavy atom. The number of amides is 2. The molecule has 5 heteroatoms. The van der Waals surface area contributed by atoms with Gasteiger partial charge in [0.1, 0.15) is 0 Å². The number of imide groups is 1. The second-order valence-corrected chi connectivity index (χ2v) is 7.59. The van der Waals surface area contributed by atoms with Gasteiger partial charge in [0.15, 0.2) is 0 Å². The van der Waals surface area contributed by atoms with Gasteiger partial charge in [-0.25, -0.2) is 0 Å². The molecule has 2 bridgehead atoms. The summed E-state index contributed by atoms with van der Waals surface area (Å²) in [6.07, 6.45) is 0.525. The number of carbonyl (C=O) groups excluding carboxylic acids is 2. The van der Waals surface area contributed by atoms with E-state index in [0.29, 0.717) is 18.5 Å². The smallest absolute Gasteiger partial charge is 0.249 e. The van der Waals surface area contributed by atoms with E-state index in [1.54, 1.807) is 12.1 Å². The molecule has 2 aliphatic rings. The topological polar surface area (TPSA) is 64.4 Å². The molecule has 2 saturated heterocycles. The molecule has 0 unspecified atom stereocenters. The van der Waals surface area contributed by atoms with E-state index in [4.69, 9.17) is 5.26 Å². The predicted molar refractivity (Wildman–Crippen MR) is 100 cm³/mol. The number of fused-ring (bicyclic) bond motifs is 2. The molecule has 3 atom stereocenters. The lowest BCUT2D eigenvalue weighted by molar-refractivity contribution is -0.156. The molecule has 0 aromatic heterocycles. The molecule has 136 valence electrons. The van der Waals surface area contributed by atoms with E-state index in [9.17, 15) is 9.59 Å². The molecule has 0 radical (unpaired) electrons. The third-order valence-corrected chi connectivity index (χ3v) is 6.05. The molecule has 4 rings (SSSR count). The lowest BCUT2D eigenvalue weighted by Crippen LogP contribution is -2.57. The largest absolute Gasteiger partial charge is 0.285 e. The van der Waals surface area contributed by atoms with Gasteiger partial charge in [0.05, 0.1) is 29.6 Å². The zero-order chi connectivity index (χ0) is 19.2. The fourth-order valence-corrected chi connectivity index (χ4v) is 4.44. The van der Waals surface area contributed by atoms with E-state index in [1.807, 2.05) is 61.3 Å². The molecule has 0 aliphatic carbocycles. The minimum Gasteiger partial charge on any atom is -0.285 e. The maximum absolute atomic E-state index is 13.2. The molecule has 2 aromatic carbocycles. The molecule has 5 nitrogen and oxygen atoms in total. The second-order valence-electron chi connectivity index (χ2n) is 7.59. The van der Waals surface area contributed by atoms with Crippen LogP contribution in [-0.4, -0.2) is 34.2 Å². The Labute approximate surface area is 158 Å². The number of nitriles is 1. The summed E-state index contributed by atoms with van der Waals surface area (Å²) in [7, 11) is 1.92. The van der Waals surface area contributed by atoms with E-state index in [0.717, 1.165) is 11.1 Å². The maximum Gasteiger partial charge on any atom is 0.249 e. The van der Waals surface area contributed by atoms with Crippen LogP contribution in [0.2, 0.25) is 0 Å². The molecule has 2 heterocycles. The Bertz CT molecular complexity index is 932. The number of benzene rings is 2. The summed E-state index contributed by atoms with van der Waals surface area (Å²) in [4.78, 5) is 29.9. The van der Waals surface area contributed by atoms with E-state index in [-0.39, 0.29) is 23.8 Å². The molecule has 2 amide bonds. The Morgan fingerprint density at radius 2 is 1.78 bits per heavy atom. The molecule has 0 saturated carbocycles. The minimum absolute atomic E-state index is 0.111. The van der Waals surface area contributed by atoms with E-state index >= 15 is 0 Å². The van der Waals surface area contributed by atoms with Crippen LogP contribution in [0.4, 0.5) is 0 Å². The van der Waals surface area contributed by atoms with Crippen molar-refractivity contribution in [2.45, 2.75) is 31.5 Å². The van der Waals surface area contributed by atoms with Crippen LogP contribution in [0.25, 0.3) is 0 Å². The number of likely N-dealkylation sites (tertiary alicyclic amines) is 2. The van der Waals surface area contributed by atoms with Crippen LogP contribution < -0.4 is 0 Å². The Hall–Kier alpha value is -2.97. The van der Waals surface area contributed by atoms with Crippen LogP contribution in [0.15, 0.2) is 54.6 Å². The van der Waals surface area contributed by atoms with Crippen LogP contribution >= 0.6 is 0 Å². The van der Waals surface area contributed by atoms with Crippen molar-refractivity contribution in [2.24, 2.45) is 5.92 Å². The first-order valence-corrected chi connectivity index (χ1v) is 9.08. The van der Waals surface area contributed by atoms with Gasteiger partial charge in [0.2, 0.25) is 11.8 Å². The van der Waals surface area contributed by atoms with Gasteiger partial charge in [-0.1, -0.05) is 42.5 Å². The van der Waals surface area contributed by atoms with Crippen LogP contribution in [0.1, 0.15) is 36.1 Å². The molecule has 27 heavy (non-hydrogen) atoms. The lowest BCUT2D eigenvalue weighted by Gasteiger charge is -2.37. The quantitative estimate of drug-likeness (QED) is 0.791. The average molecular weight is 359 g/mol. The van der Waals surface area contributed by atoms with Crippen molar-refractivity contribution in [1.29, 1.82) is 5.26 Å². The molecular formula is C22H21N3O2. The van der Waals surface area contributed by atoms with Gasteiger partial charge >= 0.3 is 0 Å². The highest BCUT2D eigenvalue weighted by molar-refractivity contribution is 6.05. The highest BCUT2D eigenvalue weighted by Crippen LogP contribution is 2.50. The molecule has 2 fully saturated rings. The number of carbonyl (C=O) groups is 2. The molecule has 0 N–H and O–H groups in total. The van der Waals surface area contributed by atoms with Gasteiger partial charge in [-0.3, -0.25) is 19.4 Å². The fourth-order valence-electron chi connectivity index (χ4n) is 4.44. The number of piperidine rings is 1. The zero-order valence-corrected chi connectivity index (χ0v) is 15.4. The van der Waals surface area contributed by atoms with Crippen molar-refractivity contribution in [1.82, 2.24) is 9.80 Å².